The summed E-state index contributed by atoms with van der Waals surface area (Å²) in [5.41, 5.74) is -0.452. The highest BCUT2D eigenvalue weighted by atomic mass is 19.1. The number of aromatic nitrogens is 3. The molecular weight excluding hydrogens is 326 g/mol. The van der Waals surface area contributed by atoms with Crippen LogP contribution in [0.2, 0.25) is 0 Å². The maximum atomic E-state index is 14.9. The zero-order valence-electron chi connectivity index (χ0n) is 13.6. The lowest BCUT2D eigenvalue weighted by Gasteiger charge is -2.44. The molecule has 4 rings (SSSR count). The second-order valence-corrected chi connectivity index (χ2v) is 6.20. The van der Waals surface area contributed by atoms with Gasteiger partial charge in [0.2, 0.25) is 0 Å². The molecule has 128 valence electrons. The number of alkyl halides is 1. The number of hydrogen-bond donors (Lipinski definition) is 1. The maximum absolute atomic E-state index is 14.9. The lowest BCUT2D eigenvalue weighted by molar-refractivity contribution is -0.0250. The van der Waals surface area contributed by atoms with E-state index in [0.717, 1.165) is 5.82 Å². The molecule has 3 heterocycles. The summed E-state index contributed by atoms with van der Waals surface area (Å²) < 4.78 is 28.8. The van der Waals surface area contributed by atoms with Gasteiger partial charge < -0.3 is 9.88 Å². The molecule has 0 unspecified atom stereocenters. The Hall–Kier alpha value is -2.83. The molecule has 0 saturated carbocycles. The Labute approximate surface area is 142 Å². The number of pyridine rings is 1. The normalized spacial score (nSPS) is 16.0. The molecule has 25 heavy (non-hydrogen) atoms. The van der Waals surface area contributed by atoms with E-state index in [9.17, 15) is 13.6 Å². The summed E-state index contributed by atoms with van der Waals surface area (Å²) in [7, 11) is 0. The SMILES string of the molecule is CCc1nc2nccc(C(=O)N3CC(F)(c4ccccc4F)C3)c2[nH]1. The zero-order chi connectivity index (χ0) is 17.6. The Kier molecular flexibility index (Phi) is 3.52. The van der Waals surface area contributed by atoms with E-state index in [-0.39, 0.29) is 24.6 Å². The van der Waals surface area contributed by atoms with E-state index in [1.807, 2.05) is 6.92 Å². The van der Waals surface area contributed by atoms with Crippen LogP contribution in [0.25, 0.3) is 11.2 Å². The number of halogens is 2. The van der Waals surface area contributed by atoms with Gasteiger partial charge in [0.05, 0.1) is 24.2 Å². The van der Waals surface area contributed by atoms with Crippen molar-refractivity contribution in [3.8, 4) is 0 Å². The molecule has 1 fully saturated rings. The van der Waals surface area contributed by atoms with E-state index in [1.165, 1.54) is 29.3 Å². The number of aromatic amines is 1. The lowest BCUT2D eigenvalue weighted by Crippen LogP contribution is -2.59. The topological polar surface area (TPSA) is 61.9 Å². The average molecular weight is 342 g/mol. The van der Waals surface area contributed by atoms with Crippen LogP contribution in [0.1, 0.15) is 28.7 Å². The zero-order valence-corrected chi connectivity index (χ0v) is 13.6. The number of nitrogens with zero attached hydrogens (tertiary/aromatic N) is 3. The van der Waals surface area contributed by atoms with Crippen molar-refractivity contribution in [2.45, 2.75) is 19.0 Å². The van der Waals surface area contributed by atoms with Gasteiger partial charge in [-0.1, -0.05) is 25.1 Å². The summed E-state index contributed by atoms with van der Waals surface area (Å²) in [5, 5.41) is 0. The second-order valence-electron chi connectivity index (χ2n) is 6.20. The molecular formula is C18H16F2N4O. The minimum absolute atomic E-state index is 0.00580. The number of rotatable bonds is 3. The van der Waals surface area contributed by atoms with Crippen LogP contribution in [-0.4, -0.2) is 38.8 Å². The van der Waals surface area contributed by atoms with Crippen molar-refractivity contribution in [3.05, 3.63) is 59.3 Å². The first-order valence-corrected chi connectivity index (χ1v) is 8.08. The van der Waals surface area contributed by atoms with E-state index >= 15 is 0 Å². The minimum Gasteiger partial charge on any atom is -0.340 e. The van der Waals surface area contributed by atoms with Crippen LogP contribution >= 0.6 is 0 Å². The van der Waals surface area contributed by atoms with Gasteiger partial charge in [0.25, 0.3) is 5.91 Å². The highest BCUT2D eigenvalue weighted by Gasteiger charge is 2.49. The first-order chi connectivity index (χ1) is 12.0. The van der Waals surface area contributed by atoms with Crippen molar-refractivity contribution >= 4 is 17.1 Å². The lowest BCUT2D eigenvalue weighted by atomic mass is 9.87. The predicted molar refractivity (Wildman–Crippen MR) is 88.4 cm³/mol. The molecule has 1 aliphatic rings. The fourth-order valence-electron chi connectivity index (χ4n) is 3.17. The van der Waals surface area contributed by atoms with Gasteiger partial charge in [-0.15, -0.1) is 0 Å². The van der Waals surface area contributed by atoms with E-state index in [1.54, 1.807) is 12.1 Å². The molecule has 0 spiro atoms. The molecule has 1 aromatic carbocycles. The standard InChI is InChI=1S/C18H16F2N4O/c1-2-14-22-15-11(7-8-21-16(15)23-14)17(25)24-9-18(20,10-24)12-5-3-4-6-13(12)19/h3-8H,2,9-10H2,1H3,(H,21,22,23). The quantitative estimate of drug-likeness (QED) is 0.796. The van der Waals surface area contributed by atoms with E-state index in [2.05, 4.69) is 15.0 Å². The third kappa shape index (κ3) is 2.47. The number of carbonyl (C=O) groups is 1. The van der Waals surface area contributed by atoms with E-state index in [4.69, 9.17) is 0 Å². The highest BCUT2D eigenvalue weighted by molar-refractivity contribution is 6.04. The van der Waals surface area contributed by atoms with Gasteiger partial charge >= 0.3 is 0 Å². The molecule has 0 atom stereocenters. The fourth-order valence-corrected chi connectivity index (χ4v) is 3.17. The smallest absolute Gasteiger partial charge is 0.256 e. The van der Waals surface area contributed by atoms with Crippen molar-refractivity contribution in [2.75, 3.05) is 13.1 Å². The predicted octanol–water partition coefficient (Wildman–Crippen LogP) is 2.98. The van der Waals surface area contributed by atoms with Crippen molar-refractivity contribution in [1.29, 1.82) is 0 Å². The van der Waals surface area contributed by atoms with Gasteiger partial charge in [0.1, 0.15) is 11.6 Å². The van der Waals surface area contributed by atoms with Crippen molar-refractivity contribution < 1.29 is 13.6 Å². The molecule has 2 aromatic heterocycles. The summed E-state index contributed by atoms with van der Waals surface area (Å²) in [6.45, 7) is 1.59. The van der Waals surface area contributed by atoms with Gasteiger partial charge in [-0.05, 0) is 12.1 Å². The molecule has 7 heteroatoms. The van der Waals surface area contributed by atoms with Crippen LogP contribution in [0.3, 0.4) is 0 Å². The van der Waals surface area contributed by atoms with Crippen LogP contribution in [0.4, 0.5) is 8.78 Å². The number of carbonyl (C=O) groups excluding carboxylic acids is 1. The highest BCUT2D eigenvalue weighted by Crippen LogP contribution is 2.38. The van der Waals surface area contributed by atoms with Gasteiger partial charge in [0, 0.05) is 18.2 Å². The monoisotopic (exact) mass is 342 g/mol. The summed E-state index contributed by atoms with van der Waals surface area (Å²) in [5.74, 6) is -0.176. The van der Waals surface area contributed by atoms with Crippen LogP contribution < -0.4 is 0 Å². The third-order valence-corrected chi connectivity index (χ3v) is 4.53. The van der Waals surface area contributed by atoms with Gasteiger partial charge in [-0.2, -0.15) is 0 Å². The molecule has 3 aromatic rings. The number of likely N-dealkylation sites (tertiary alicyclic amines) is 1. The number of nitrogens with one attached hydrogen (secondary N) is 1. The van der Waals surface area contributed by atoms with Crippen LogP contribution in [0, 0.1) is 5.82 Å². The number of benzene rings is 1. The molecule has 1 aliphatic heterocycles. The van der Waals surface area contributed by atoms with E-state index in [0.29, 0.717) is 23.1 Å². The van der Waals surface area contributed by atoms with Gasteiger partial charge in [0.15, 0.2) is 11.3 Å². The van der Waals surface area contributed by atoms with Crippen LogP contribution in [0.5, 0.6) is 0 Å². The van der Waals surface area contributed by atoms with Crippen LogP contribution in [-0.2, 0) is 12.1 Å². The second kappa shape index (κ2) is 5.61. The molecule has 5 nitrogen and oxygen atoms in total. The molecule has 0 radical (unpaired) electrons. The molecule has 1 saturated heterocycles. The van der Waals surface area contributed by atoms with Crippen molar-refractivity contribution in [1.82, 2.24) is 19.9 Å². The number of H-pyrrole nitrogens is 1. The van der Waals surface area contributed by atoms with Crippen molar-refractivity contribution in [2.24, 2.45) is 0 Å². The Morgan fingerprint density at radius 1 is 1.32 bits per heavy atom. The number of hydrogen-bond acceptors (Lipinski definition) is 3. The summed E-state index contributed by atoms with van der Waals surface area (Å²) in [4.78, 5) is 25.6. The first-order valence-electron chi connectivity index (χ1n) is 8.08. The Morgan fingerprint density at radius 2 is 2.08 bits per heavy atom. The van der Waals surface area contributed by atoms with Gasteiger partial charge in [-0.25, -0.2) is 18.7 Å². The molecule has 1 N–H and O–H groups in total. The Balaban J connectivity index is 1.60. The van der Waals surface area contributed by atoms with Crippen molar-refractivity contribution in [3.63, 3.8) is 0 Å². The Bertz CT molecular complexity index is 963. The molecule has 0 bridgehead atoms. The number of imidazole rings is 1. The minimum atomic E-state index is -1.85. The first kappa shape index (κ1) is 15.7. The van der Waals surface area contributed by atoms with E-state index < -0.39 is 11.5 Å². The van der Waals surface area contributed by atoms with Crippen LogP contribution in [0.15, 0.2) is 36.5 Å². The summed E-state index contributed by atoms with van der Waals surface area (Å²) >= 11 is 0. The average Bonchev–Trinajstić information content (AvgIpc) is 3.02. The number of aryl methyl sites for hydroxylation is 1. The Morgan fingerprint density at radius 3 is 2.80 bits per heavy atom. The largest absolute Gasteiger partial charge is 0.340 e. The maximum Gasteiger partial charge on any atom is 0.256 e. The molecule has 1 amide bonds. The fraction of sp³-hybridized carbons (Fsp3) is 0.278. The summed E-state index contributed by atoms with van der Waals surface area (Å²) in [6.07, 6.45) is 2.20. The van der Waals surface area contributed by atoms with Gasteiger partial charge in [-0.3, -0.25) is 4.79 Å². The third-order valence-electron chi connectivity index (χ3n) is 4.53. The number of fused-ring (bicyclic) bond motifs is 1. The molecule has 0 aliphatic carbocycles. The number of amides is 1. The summed E-state index contributed by atoms with van der Waals surface area (Å²) in [6, 6.07) is 7.34.